The van der Waals surface area contributed by atoms with Gasteiger partial charge in [0.2, 0.25) is 5.91 Å². The highest BCUT2D eigenvalue weighted by molar-refractivity contribution is 5.75. The summed E-state index contributed by atoms with van der Waals surface area (Å²) in [6.45, 7) is 1.86. The van der Waals surface area contributed by atoms with Crippen LogP contribution < -0.4 is 10.6 Å². The highest BCUT2D eigenvalue weighted by Crippen LogP contribution is 1.84. The Morgan fingerprint density at radius 1 is 0.938 bits per heavy atom. The van der Waals surface area contributed by atoms with Gasteiger partial charge in [0.05, 0.1) is 0 Å². The van der Waals surface area contributed by atoms with Gasteiger partial charge in [-0.15, -0.1) is 0 Å². The van der Waals surface area contributed by atoms with Crippen molar-refractivity contribution in [1.82, 2.24) is 20.4 Å². The maximum absolute atomic E-state index is 11.2. The van der Waals surface area contributed by atoms with Crippen molar-refractivity contribution in [2.24, 2.45) is 0 Å². The van der Waals surface area contributed by atoms with Crippen LogP contribution in [0, 0.1) is 0 Å². The summed E-state index contributed by atoms with van der Waals surface area (Å²) in [5, 5.41) is 5.81. The normalized spacial score (nSPS) is 9.75. The number of nitrogens with zero attached hydrogens (tertiary/aromatic N) is 2. The molecule has 0 atom stereocenters. The minimum absolute atomic E-state index is 0.102. The Morgan fingerprint density at radius 3 is 2.06 bits per heavy atom. The molecule has 6 heteroatoms. The molecular formula is C10H22N4O2. The topological polar surface area (TPSA) is 64.7 Å². The van der Waals surface area contributed by atoms with Crippen molar-refractivity contribution in [3.8, 4) is 0 Å². The van der Waals surface area contributed by atoms with E-state index in [1.807, 2.05) is 0 Å². The van der Waals surface area contributed by atoms with E-state index in [1.54, 1.807) is 33.1 Å². The third-order valence-electron chi connectivity index (χ3n) is 2.00. The van der Waals surface area contributed by atoms with Crippen LogP contribution in [0.1, 0.15) is 6.42 Å². The van der Waals surface area contributed by atoms with E-state index >= 15 is 0 Å². The molecule has 0 aliphatic carbocycles. The van der Waals surface area contributed by atoms with E-state index in [2.05, 4.69) is 10.6 Å². The maximum atomic E-state index is 11.2. The number of carbonyl (C=O) groups excluding carboxylic acids is 2. The molecule has 0 rings (SSSR count). The highest BCUT2D eigenvalue weighted by Gasteiger charge is 2.03. The van der Waals surface area contributed by atoms with Crippen molar-refractivity contribution >= 4 is 11.9 Å². The number of hydrogen-bond donors (Lipinski definition) is 2. The molecule has 16 heavy (non-hydrogen) atoms. The van der Waals surface area contributed by atoms with E-state index < -0.39 is 0 Å². The van der Waals surface area contributed by atoms with Gasteiger partial charge in [0.1, 0.15) is 0 Å². The Balaban J connectivity index is 3.35. The van der Waals surface area contributed by atoms with E-state index in [4.69, 9.17) is 0 Å². The molecular weight excluding hydrogens is 208 g/mol. The quantitative estimate of drug-likeness (QED) is 0.595. The van der Waals surface area contributed by atoms with Crippen LogP contribution in [0.5, 0.6) is 0 Å². The van der Waals surface area contributed by atoms with Crippen molar-refractivity contribution in [3.63, 3.8) is 0 Å². The fourth-order valence-electron chi connectivity index (χ4n) is 0.960. The van der Waals surface area contributed by atoms with E-state index in [9.17, 15) is 9.59 Å². The van der Waals surface area contributed by atoms with Gasteiger partial charge >= 0.3 is 6.03 Å². The molecule has 0 aromatic rings. The zero-order chi connectivity index (χ0) is 12.6. The Bertz CT molecular complexity index is 205. The molecule has 0 heterocycles. The molecule has 94 valence electrons. The fraction of sp³-hybridized carbons (Fsp3) is 0.800. The Kier molecular flexibility index (Phi) is 7.28. The molecule has 0 aliphatic rings. The minimum Gasteiger partial charge on any atom is -0.349 e. The summed E-state index contributed by atoms with van der Waals surface area (Å²) in [7, 11) is 6.86. The van der Waals surface area contributed by atoms with E-state index in [1.165, 1.54) is 4.90 Å². The lowest BCUT2D eigenvalue weighted by molar-refractivity contribution is -0.128. The van der Waals surface area contributed by atoms with E-state index in [0.29, 0.717) is 26.1 Å². The summed E-state index contributed by atoms with van der Waals surface area (Å²) in [6, 6.07) is -0.105. The van der Waals surface area contributed by atoms with Crippen LogP contribution >= 0.6 is 0 Å². The average molecular weight is 230 g/mol. The molecule has 0 aromatic carbocycles. The van der Waals surface area contributed by atoms with Crippen molar-refractivity contribution in [2.45, 2.75) is 6.42 Å². The molecule has 0 saturated heterocycles. The molecule has 0 fully saturated rings. The van der Waals surface area contributed by atoms with E-state index in [0.717, 1.165) is 0 Å². The van der Waals surface area contributed by atoms with Crippen LogP contribution in [0.25, 0.3) is 0 Å². The summed E-state index contributed by atoms with van der Waals surface area (Å²) in [6.07, 6.45) is 0.481. The third kappa shape index (κ3) is 7.05. The first-order chi connectivity index (χ1) is 7.45. The average Bonchev–Trinajstić information content (AvgIpc) is 2.21. The van der Waals surface area contributed by atoms with Crippen LogP contribution in [-0.4, -0.2) is 69.6 Å². The van der Waals surface area contributed by atoms with Crippen LogP contribution in [0.15, 0.2) is 0 Å². The van der Waals surface area contributed by atoms with Crippen LogP contribution in [0.2, 0.25) is 0 Å². The smallest absolute Gasteiger partial charge is 0.316 e. The predicted molar refractivity (Wildman–Crippen MR) is 63.3 cm³/mol. The van der Waals surface area contributed by atoms with Crippen molar-refractivity contribution in [1.29, 1.82) is 0 Å². The van der Waals surface area contributed by atoms with Crippen molar-refractivity contribution in [2.75, 3.05) is 47.8 Å². The summed E-state index contributed by atoms with van der Waals surface area (Å²) in [5.74, 6) is 0.102. The molecule has 2 N–H and O–H groups in total. The maximum Gasteiger partial charge on any atom is 0.316 e. The second-order valence-corrected chi connectivity index (χ2v) is 3.91. The first-order valence-corrected chi connectivity index (χ1v) is 5.31. The lowest BCUT2D eigenvalue weighted by Crippen LogP contribution is -2.39. The van der Waals surface area contributed by atoms with Gasteiger partial charge in [0.25, 0.3) is 0 Å². The van der Waals surface area contributed by atoms with Crippen LogP contribution in [-0.2, 0) is 4.79 Å². The molecule has 0 saturated carbocycles. The second kappa shape index (κ2) is 7.92. The summed E-state index contributed by atoms with van der Waals surface area (Å²) >= 11 is 0. The molecule has 0 unspecified atom stereocenters. The van der Waals surface area contributed by atoms with Gasteiger partial charge in [-0.05, 0) is 0 Å². The zero-order valence-corrected chi connectivity index (χ0v) is 10.5. The SMILES string of the molecule is CN(C)C(=O)CCNCCNC(=O)N(C)C. The Labute approximate surface area is 97.0 Å². The zero-order valence-electron chi connectivity index (χ0n) is 10.5. The first-order valence-electron chi connectivity index (χ1n) is 5.31. The number of amides is 3. The highest BCUT2D eigenvalue weighted by atomic mass is 16.2. The van der Waals surface area contributed by atoms with Crippen molar-refractivity contribution in [3.05, 3.63) is 0 Å². The standard InChI is InChI=1S/C10H22N4O2/c1-13(2)9(15)5-6-11-7-8-12-10(16)14(3)4/h11H,5-8H2,1-4H3,(H,12,16). The molecule has 0 bridgehead atoms. The number of nitrogens with one attached hydrogen (secondary N) is 2. The number of carbonyl (C=O) groups is 2. The Morgan fingerprint density at radius 2 is 1.56 bits per heavy atom. The molecule has 0 aromatic heterocycles. The predicted octanol–water partition coefficient (Wildman–Crippen LogP) is -0.674. The summed E-state index contributed by atoms with van der Waals surface area (Å²) in [5.41, 5.74) is 0. The lowest BCUT2D eigenvalue weighted by Gasteiger charge is -2.13. The second-order valence-electron chi connectivity index (χ2n) is 3.91. The van der Waals surface area contributed by atoms with Gasteiger partial charge in [-0.25, -0.2) is 4.79 Å². The van der Waals surface area contributed by atoms with Crippen LogP contribution in [0.3, 0.4) is 0 Å². The van der Waals surface area contributed by atoms with Crippen LogP contribution in [0.4, 0.5) is 4.79 Å². The molecule has 6 nitrogen and oxygen atoms in total. The molecule has 0 spiro atoms. The van der Waals surface area contributed by atoms with Gasteiger partial charge in [-0.1, -0.05) is 0 Å². The number of hydrogen-bond acceptors (Lipinski definition) is 3. The molecule has 0 aliphatic heterocycles. The number of urea groups is 1. The van der Waals surface area contributed by atoms with Gasteiger partial charge in [0.15, 0.2) is 0 Å². The van der Waals surface area contributed by atoms with Gasteiger partial charge < -0.3 is 20.4 Å². The van der Waals surface area contributed by atoms with Gasteiger partial charge in [-0.2, -0.15) is 0 Å². The monoisotopic (exact) mass is 230 g/mol. The Hall–Kier alpha value is -1.30. The van der Waals surface area contributed by atoms with Gasteiger partial charge in [-0.3, -0.25) is 4.79 Å². The molecule has 3 amide bonds. The largest absolute Gasteiger partial charge is 0.349 e. The first kappa shape index (κ1) is 14.7. The summed E-state index contributed by atoms with van der Waals surface area (Å²) in [4.78, 5) is 25.3. The minimum atomic E-state index is -0.105. The van der Waals surface area contributed by atoms with Gasteiger partial charge in [0, 0.05) is 54.2 Å². The summed E-state index contributed by atoms with van der Waals surface area (Å²) < 4.78 is 0. The molecule has 0 radical (unpaired) electrons. The number of rotatable bonds is 6. The third-order valence-corrected chi connectivity index (χ3v) is 2.00. The van der Waals surface area contributed by atoms with Crippen molar-refractivity contribution < 1.29 is 9.59 Å². The van der Waals surface area contributed by atoms with E-state index in [-0.39, 0.29) is 11.9 Å². The fourth-order valence-corrected chi connectivity index (χ4v) is 0.960. The lowest BCUT2D eigenvalue weighted by atomic mass is 10.4.